The number of imidazole rings is 2. The van der Waals surface area contributed by atoms with Crippen LogP contribution in [-0.4, -0.2) is 129 Å². The van der Waals surface area contributed by atoms with Crippen molar-refractivity contribution in [3.05, 3.63) is 25.3 Å². The van der Waals surface area contributed by atoms with E-state index in [-0.39, 0.29) is 182 Å². The third-order valence-corrected chi connectivity index (χ3v) is 17.6. The second kappa shape index (κ2) is 24.5. The molecule has 2 aliphatic rings. The maximum Gasteiger partial charge on any atom is 1.00 e. The van der Waals surface area contributed by atoms with Crippen LogP contribution < -0.4 is 179 Å². The first-order valence-corrected chi connectivity index (χ1v) is 23.3. The van der Waals surface area contributed by atoms with Crippen molar-refractivity contribution < 1.29 is 238 Å². The molecule has 0 radical (unpaired) electrons. The van der Waals surface area contributed by atoms with E-state index in [1.54, 1.807) is 0 Å². The molecule has 62 heavy (non-hydrogen) atoms. The Kier molecular flexibility index (Phi) is 24.6. The molecule has 2 saturated heterocycles. The Morgan fingerprint density at radius 2 is 0.935 bits per heavy atom. The summed E-state index contributed by atoms with van der Waals surface area (Å²) in [6.45, 7) is -2.11. The first-order chi connectivity index (χ1) is 26.4. The molecule has 0 aromatic carbocycles. The van der Waals surface area contributed by atoms with E-state index in [2.05, 4.69) is 47.6 Å². The number of aliphatic hydroxyl groups is 4. The number of hydrogen-bond donors (Lipinski definition) is 6. The fraction of sp³-hybridized carbons (Fsp3) is 0.545. The summed E-state index contributed by atoms with van der Waals surface area (Å²) in [5, 5.41) is 42.0. The third-order valence-electron chi connectivity index (χ3n) is 7.94. The molecule has 29 nitrogen and oxygen atoms in total. The number of ether oxygens (including phenoxy) is 2. The van der Waals surface area contributed by atoms with Gasteiger partial charge in [0.2, 0.25) is 0 Å². The van der Waals surface area contributed by atoms with Crippen LogP contribution in [0.2, 0.25) is 0 Å². The van der Waals surface area contributed by atoms with Crippen molar-refractivity contribution in [1.29, 1.82) is 0 Å². The predicted molar refractivity (Wildman–Crippen MR) is 183 cm³/mol. The van der Waals surface area contributed by atoms with Gasteiger partial charge in [0.15, 0.2) is 42.9 Å². The van der Waals surface area contributed by atoms with Crippen LogP contribution in [-0.2, 0) is 50.0 Å². The van der Waals surface area contributed by atoms with Gasteiger partial charge in [-0.25, -0.2) is 29.9 Å². The Labute approximate surface area is 461 Å². The Bertz CT molecular complexity index is 2260. The van der Waals surface area contributed by atoms with Crippen LogP contribution in [0.3, 0.4) is 0 Å². The molecule has 6 heterocycles. The van der Waals surface area contributed by atoms with Crippen LogP contribution in [0, 0.1) is 0 Å². The van der Waals surface area contributed by atoms with Gasteiger partial charge in [-0.3, -0.25) is 17.8 Å². The number of aromatic nitrogens is 8. The summed E-state index contributed by atoms with van der Waals surface area (Å²) < 4.78 is 94.5. The monoisotopic (exact) mass is 1020 g/mol. The average molecular weight is 1020 g/mol. The van der Waals surface area contributed by atoms with Gasteiger partial charge in [0.1, 0.15) is 90.7 Å². The minimum atomic E-state index is -5.83. The van der Waals surface area contributed by atoms with E-state index in [9.17, 15) is 62.8 Å². The molecule has 8 N–H and O–H groups in total. The number of rotatable bonds is 16. The third kappa shape index (κ3) is 15.2. The molecule has 4 aromatic heterocycles. The summed E-state index contributed by atoms with van der Waals surface area (Å²) in [5.74, 6) is -4.04. The molecule has 2 aliphatic heterocycles. The average Bonchev–Trinajstić information content (AvgIpc) is 3.83. The first kappa shape index (κ1) is 62.4. The number of aliphatic hydroxyl groups excluding tert-OH is 4. The summed E-state index contributed by atoms with van der Waals surface area (Å²) in [5.41, 5.74) is 11.9. The maximum absolute atomic E-state index is 12.9. The quantitative estimate of drug-likeness (QED) is 0.0448. The van der Waals surface area contributed by atoms with Crippen molar-refractivity contribution in [2.75, 3.05) is 36.5 Å². The van der Waals surface area contributed by atoms with Crippen LogP contribution in [0.25, 0.3) is 22.3 Å². The van der Waals surface area contributed by atoms with E-state index >= 15 is 0 Å². The number of anilines is 2. The molecular weight excluding hydrogens is 989 g/mol. The van der Waals surface area contributed by atoms with E-state index in [0.29, 0.717) is 0 Å². The minimum absolute atomic E-state index is 0. The van der Waals surface area contributed by atoms with Crippen molar-refractivity contribution in [3.8, 4) is 0 Å². The first-order valence-electron chi connectivity index (χ1n) is 15.3. The van der Waals surface area contributed by atoms with Crippen molar-refractivity contribution in [2.45, 2.75) is 49.1 Å². The van der Waals surface area contributed by atoms with E-state index in [0.717, 1.165) is 25.3 Å². The van der Waals surface area contributed by atoms with Gasteiger partial charge in [-0.05, 0) is 0 Å². The molecule has 6 rings (SSSR count). The van der Waals surface area contributed by atoms with Gasteiger partial charge in [-0.1, -0.05) is 0 Å². The molecule has 0 saturated carbocycles. The summed E-state index contributed by atoms with van der Waals surface area (Å²) in [6, 6.07) is 0. The summed E-state index contributed by atoms with van der Waals surface area (Å²) >= 11 is 0. The van der Waals surface area contributed by atoms with Crippen molar-refractivity contribution in [2.24, 2.45) is 0 Å². The second-order valence-electron chi connectivity index (χ2n) is 12.0. The fourth-order valence-corrected chi connectivity index (χ4v) is 13.6. The van der Waals surface area contributed by atoms with Gasteiger partial charge >= 0.3 is 148 Å². The molecular formula is C22H31BN10Na5O19P5. The molecule has 12 atom stereocenters. The van der Waals surface area contributed by atoms with Crippen LogP contribution in [0.15, 0.2) is 25.3 Å². The topological polar surface area (TPSA) is 453 Å². The number of nitrogens with two attached hydrogens (primary N) is 2. The van der Waals surface area contributed by atoms with E-state index in [4.69, 9.17) is 20.9 Å². The summed E-state index contributed by atoms with van der Waals surface area (Å²) in [6.07, 6.45) is -8.42. The summed E-state index contributed by atoms with van der Waals surface area (Å²) in [7, 11) is -29.9. The number of nitrogen functional groups attached to an aromatic ring is 2. The van der Waals surface area contributed by atoms with Crippen LogP contribution in [0.5, 0.6) is 0 Å². The Hall–Kier alpha value is 2.35. The number of hydrogen-bond acceptors (Lipinski definition) is 27. The van der Waals surface area contributed by atoms with Crippen molar-refractivity contribution >= 4 is 79.4 Å². The van der Waals surface area contributed by atoms with Gasteiger partial charge < -0.3 is 92.8 Å². The molecule has 4 aromatic rings. The predicted octanol–water partition coefficient (Wildman–Crippen LogP) is -20.2. The molecule has 316 valence electrons. The normalized spacial score (nSPS) is 28.3. The minimum Gasteiger partial charge on any atom is -0.778 e. The van der Waals surface area contributed by atoms with Crippen LogP contribution in [0.1, 0.15) is 12.5 Å². The van der Waals surface area contributed by atoms with Gasteiger partial charge in [0.05, 0.1) is 45.2 Å². The SMILES string of the molecule is [BH3-]P(=O)(OP(=O)([O-])CP(=O)([O-])OC[C@H]1O[C@@H](n2cnc3c(N)ncnc32)[C@H](O)[C@@H]1O)OP(=O)([O-])CP(=O)([O-])OC[C@H]1O[C@@H](n2cnc3c(N)ncnc32)[C@H](O)[C@@H]1O.[Na+].[Na+].[Na+].[Na+].[Na+]. The van der Waals surface area contributed by atoms with Crippen LogP contribution >= 0.6 is 37.9 Å². The largest absolute Gasteiger partial charge is 1.00 e. The van der Waals surface area contributed by atoms with Crippen LogP contribution in [0.4, 0.5) is 11.6 Å². The molecule has 40 heteroatoms. The standard InChI is InChI=1S/C22H35BN10O19P5.5Na/c23-57(46,51-55(42,43)7-53(38,39)47-1-9-13(34)15(36)21(49-9)32-5-30-11-17(24)26-3-28-19(11)32)52-56(44,45)8-54(40,41)48-2-10-14(35)16(37)22(50-10)33-6-31-12-18(25)27-4-29-20(12)33;;;;;/h3-6,9-10,13-16,21-22,34-37H,1-2,7-8H2,23H3,(H,38,39)(H,40,41)(H,42,43)(H,44,45)(H2,24,26,28)(H2,25,27,29);;;;;/q-1;5*+1/p-4/t9-,10-,13-,14-,15-,16-,21-,22-;;;;;/m1...../s1. The molecule has 4 unspecified atom stereocenters. The van der Waals surface area contributed by atoms with Gasteiger partial charge in [0, 0.05) is 0 Å². The van der Waals surface area contributed by atoms with E-state index in [1.807, 2.05) is 0 Å². The number of fused-ring (bicyclic) bond motifs is 2. The van der Waals surface area contributed by atoms with Crippen molar-refractivity contribution in [1.82, 2.24) is 39.0 Å². The fourth-order valence-electron chi connectivity index (χ4n) is 5.46. The van der Waals surface area contributed by atoms with E-state index < -0.39 is 120 Å². The van der Waals surface area contributed by atoms with Gasteiger partial charge in [-0.15, -0.1) is 0 Å². The maximum atomic E-state index is 12.9. The van der Waals surface area contributed by atoms with Gasteiger partial charge in [-0.2, -0.15) is 0 Å². The molecule has 0 bridgehead atoms. The summed E-state index contributed by atoms with van der Waals surface area (Å²) in [4.78, 5) is 73.8. The van der Waals surface area contributed by atoms with Crippen molar-refractivity contribution in [3.63, 3.8) is 0 Å². The Morgan fingerprint density at radius 3 is 1.27 bits per heavy atom. The number of nitrogens with zero attached hydrogens (tertiary/aromatic N) is 8. The molecule has 2 fully saturated rings. The van der Waals surface area contributed by atoms with E-state index in [1.165, 1.54) is 9.13 Å². The zero-order valence-corrected chi connectivity index (χ0v) is 47.1. The zero-order valence-electron chi connectivity index (χ0n) is 32.6. The smallest absolute Gasteiger partial charge is 0.778 e. The Morgan fingerprint density at radius 1 is 0.597 bits per heavy atom. The second-order valence-corrected chi connectivity index (χ2v) is 21.4. The Balaban J connectivity index is 0.00000384. The molecule has 0 spiro atoms. The zero-order chi connectivity index (χ0) is 41.9. The van der Waals surface area contributed by atoms with Gasteiger partial charge in [0.25, 0.3) is 0 Å². The molecule has 0 aliphatic carbocycles. The molecule has 0 amide bonds.